The molecule has 0 spiro atoms. The molecule has 0 atom stereocenters. The summed E-state index contributed by atoms with van der Waals surface area (Å²) in [5.74, 6) is -0.339. The molecule has 0 fully saturated rings. The van der Waals surface area contributed by atoms with Gasteiger partial charge in [-0.05, 0) is 18.6 Å². The van der Waals surface area contributed by atoms with E-state index >= 15 is 0 Å². The van der Waals surface area contributed by atoms with E-state index in [9.17, 15) is 9.18 Å². The summed E-state index contributed by atoms with van der Waals surface area (Å²) in [6.07, 6.45) is 1.20. The van der Waals surface area contributed by atoms with Crippen LogP contribution in [-0.2, 0) is 9.53 Å². The number of halogens is 1. The second kappa shape index (κ2) is 7.95. The third-order valence-electron chi connectivity index (χ3n) is 3.00. The Balaban J connectivity index is 2.24. The van der Waals surface area contributed by atoms with E-state index in [4.69, 9.17) is 4.74 Å². The van der Waals surface area contributed by atoms with Crippen molar-refractivity contribution >= 4 is 22.4 Å². The largest absolute Gasteiger partial charge is 0.383 e. The summed E-state index contributed by atoms with van der Waals surface area (Å²) in [4.78, 5) is 13.8. The van der Waals surface area contributed by atoms with Crippen LogP contribution in [0.3, 0.4) is 0 Å². The molecular formula is C15H18FN3O2S. The van der Waals surface area contributed by atoms with Gasteiger partial charge < -0.3 is 4.74 Å². The molecule has 0 saturated heterocycles. The summed E-state index contributed by atoms with van der Waals surface area (Å²) < 4.78 is 18.3. The summed E-state index contributed by atoms with van der Waals surface area (Å²) >= 11 is 1.27. The molecule has 1 heterocycles. The number of carbonyl (C=O) groups is 1. The van der Waals surface area contributed by atoms with Crippen molar-refractivity contribution < 1.29 is 13.9 Å². The van der Waals surface area contributed by atoms with Crippen LogP contribution in [0.4, 0.5) is 9.52 Å². The molecule has 0 aliphatic carbocycles. The number of anilines is 1. The van der Waals surface area contributed by atoms with E-state index < -0.39 is 0 Å². The van der Waals surface area contributed by atoms with Crippen molar-refractivity contribution in [3.8, 4) is 10.6 Å². The van der Waals surface area contributed by atoms with Gasteiger partial charge in [0.05, 0.1) is 13.2 Å². The fourth-order valence-corrected chi connectivity index (χ4v) is 2.81. The first kappa shape index (κ1) is 16.5. The summed E-state index contributed by atoms with van der Waals surface area (Å²) in [6, 6.07) is 6.16. The number of carbonyl (C=O) groups excluding carboxylic acids is 1. The minimum atomic E-state index is -0.326. The van der Waals surface area contributed by atoms with Gasteiger partial charge in [0.2, 0.25) is 11.0 Å². The molecule has 0 radical (unpaired) electrons. The Labute approximate surface area is 132 Å². The van der Waals surface area contributed by atoms with Crippen molar-refractivity contribution in [2.24, 2.45) is 0 Å². The maximum Gasteiger partial charge on any atom is 0.228 e. The summed E-state index contributed by atoms with van der Waals surface area (Å²) in [5, 5.41) is 9.23. The molecular weight excluding hydrogens is 305 g/mol. The molecule has 2 rings (SSSR count). The zero-order valence-electron chi connectivity index (χ0n) is 12.6. The second-order valence-electron chi connectivity index (χ2n) is 4.69. The fraction of sp³-hybridized carbons (Fsp3) is 0.400. The molecule has 7 heteroatoms. The number of amides is 1. The highest BCUT2D eigenvalue weighted by molar-refractivity contribution is 7.18. The number of ether oxygens (including phenoxy) is 1. The van der Waals surface area contributed by atoms with Crippen molar-refractivity contribution in [2.45, 2.75) is 19.8 Å². The number of nitrogens with zero attached hydrogens (tertiary/aromatic N) is 3. The SMILES string of the molecule is CCCC(=O)N(CCOC)c1nnc(-c2cccc(F)c2)s1. The minimum Gasteiger partial charge on any atom is -0.383 e. The van der Waals surface area contributed by atoms with Crippen molar-refractivity contribution in [2.75, 3.05) is 25.2 Å². The van der Waals surface area contributed by atoms with Crippen LogP contribution in [0.5, 0.6) is 0 Å². The average Bonchev–Trinajstić information content (AvgIpc) is 2.98. The van der Waals surface area contributed by atoms with Crippen LogP contribution in [0.15, 0.2) is 24.3 Å². The lowest BCUT2D eigenvalue weighted by atomic mass is 10.2. The number of aromatic nitrogens is 2. The van der Waals surface area contributed by atoms with E-state index in [1.165, 1.54) is 23.5 Å². The second-order valence-corrected chi connectivity index (χ2v) is 5.64. The Morgan fingerprint density at radius 2 is 2.23 bits per heavy atom. The van der Waals surface area contributed by atoms with Crippen molar-refractivity contribution in [1.82, 2.24) is 10.2 Å². The maximum absolute atomic E-state index is 13.3. The Morgan fingerprint density at radius 3 is 2.91 bits per heavy atom. The Kier molecular flexibility index (Phi) is 5.97. The lowest BCUT2D eigenvalue weighted by Crippen LogP contribution is -2.33. The zero-order valence-corrected chi connectivity index (χ0v) is 13.4. The van der Waals surface area contributed by atoms with Crippen molar-refractivity contribution in [3.05, 3.63) is 30.1 Å². The molecule has 5 nitrogen and oxygen atoms in total. The first-order valence-corrected chi connectivity index (χ1v) is 7.86. The predicted octanol–water partition coefficient (Wildman–Crippen LogP) is 3.12. The van der Waals surface area contributed by atoms with E-state index in [-0.39, 0.29) is 11.7 Å². The van der Waals surface area contributed by atoms with Crippen molar-refractivity contribution in [1.29, 1.82) is 0 Å². The Bertz CT molecular complexity index is 633. The third kappa shape index (κ3) is 4.08. The molecule has 0 bridgehead atoms. The number of hydrogen-bond donors (Lipinski definition) is 0. The van der Waals surface area contributed by atoms with Crippen LogP contribution in [0.2, 0.25) is 0 Å². The van der Waals surface area contributed by atoms with E-state index in [0.29, 0.717) is 35.3 Å². The van der Waals surface area contributed by atoms with Gasteiger partial charge in [-0.25, -0.2) is 4.39 Å². The minimum absolute atomic E-state index is 0.0125. The first-order chi connectivity index (χ1) is 10.7. The highest BCUT2D eigenvalue weighted by Crippen LogP contribution is 2.29. The zero-order chi connectivity index (χ0) is 15.9. The number of rotatable bonds is 7. The van der Waals surface area contributed by atoms with Gasteiger partial charge in [-0.2, -0.15) is 0 Å². The average molecular weight is 323 g/mol. The van der Waals surface area contributed by atoms with Gasteiger partial charge in [0.15, 0.2) is 0 Å². The van der Waals surface area contributed by atoms with Gasteiger partial charge in [0.25, 0.3) is 0 Å². The molecule has 0 aliphatic heterocycles. The molecule has 0 saturated carbocycles. The molecule has 0 N–H and O–H groups in total. The molecule has 0 aliphatic rings. The van der Waals surface area contributed by atoms with Gasteiger partial charge in [-0.3, -0.25) is 9.69 Å². The van der Waals surface area contributed by atoms with Gasteiger partial charge >= 0.3 is 0 Å². The number of hydrogen-bond acceptors (Lipinski definition) is 5. The molecule has 118 valence electrons. The Hall–Kier alpha value is -1.86. The Morgan fingerprint density at radius 1 is 1.41 bits per heavy atom. The van der Waals surface area contributed by atoms with Crippen LogP contribution in [-0.4, -0.2) is 36.4 Å². The van der Waals surface area contributed by atoms with E-state index in [0.717, 1.165) is 6.42 Å². The van der Waals surface area contributed by atoms with E-state index in [2.05, 4.69) is 10.2 Å². The standard InChI is InChI=1S/C15H18FN3O2S/c1-3-5-13(20)19(8-9-21-2)15-18-17-14(22-15)11-6-4-7-12(16)10-11/h4,6-7,10H,3,5,8-9H2,1-2H3. The van der Waals surface area contributed by atoms with E-state index in [1.54, 1.807) is 24.1 Å². The molecule has 22 heavy (non-hydrogen) atoms. The highest BCUT2D eigenvalue weighted by atomic mass is 32.1. The molecule has 0 unspecified atom stereocenters. The summed E-state index contributed by atoms with van der Waals surface area (Å²) in [7, 11) is 1.58. The lowest BCUT2D eigenvalue weighted by Gasteiger charge is -2.18. The summed E-state index contributed by atoms with van der Waals surface area (Å²) in [5.41, 5.74) is 0.651. The van der Waals surface area contributed by atoms with Crippen LogP contribution in [0, 0.1) is 5.82 Å². The lowest BCUT2D eigenvalue weighted by molar-refractivity contribution is -0.118. The number of benzene rings is 1. The topological polar surface area (TPSA) is 55.3 Å². The fourth-order valence-electron chi connectivity index (χ4n) is 1.92. The first-order valence-electron chi connectivity index (χ1n) is 7.04. The smallest absolute Gasteiger partial charge is 0.228 e. The maximum atomic E-state index is 13.3. The van der Waals surface area contributed by atoms with Gasteiger partial charge in [-0.15, -0.1) is 10.2 Å². The highest BCUT2D eigenvalue weighted by Gasteiger charge is 2.19. The van der Waals surface area contributed by atoms with Crippen LogP contribution in [0.25, 0.3) is 10.6 Å². The predicted molar refractivity (Wildman–Crippen MR) is 84.4 cm³/mol. The molecule has 2 aromatic rings. The molecule has 1 amide bonds. The molecule has 1 aromatic heterocycles. The summed E-state index contributed by atoms with van der Waals surface area (Å²) in [6.45, 7) is 2.79. The molecule has 1 aromatic carbocycles. The third-order valence-corrected chi connectivity index (χ3v) is 4.00. The normalized spacial score (nSPS) is 10.7. The van der Waals surface area contributed by atoms with Gasteiger partial charge in [0.1, 0.15) is 10.8 Å². The van der Waals surface area contributed by atoms with Crippen LogP contribution < -0.4 is 4.90 Å². The van der Waals surface area contributed by atoms with Crippen LogP contribution in [0.1, 0.15) is 19.8 Å². The van der Waals surface area contributed by atoms with Gasteiger partial charge in [0, 0.05) is 19.1 Å². The quantitative estimate of drug-likeness (QED) is 0.785. The van der Waals surface area contributed by atoms with Crippen LogP contribution >= 0.6 is 11.3 Å². The number of methoxy groups -OCH3 is 1. The van der Waals surface area contributed by atoms with E-state index in [1.807, 2.05) is 6.92 Å². The monoisotopic (exact) mass is 323 g/mol. The van der Waals surface area contributed by atoms with Crippen molar-refractivity contribution in [3.63, 3.8) is 0 Å². The van der Waals surface area contributed by atoms with Gasteiger partial charge in [-0.1, -0.05) is 30.4 Å².